The Labute approximate surface area is 164 Å². The van der Waals surface area contributed by atoms with Gasteiger partial charge in [0.25, 0.3) is 5.91 Å². The van der Waals surface area contributed by atoms with E-state index in [2.05, 4.69) is 45.2 Å². The van der Waals surface area contributed by atoms with Crippen molar-refractivity contribution in [2.75, 3.05) is 7.05 Å². The largest absolute Gasteiger partial charge is 0.364 e. The van der Waals surface area contributed by atoms with Crippen molar-refractivity contribution in [3.63, 3.8) is 0 Å². The van der Waals surface area contributed by atoms with Crippen molar-refractivity contribution in [3.8, 4) is 0 Å². The van der Waals surface area contributed by atoms with Crippen LogP contribution in [-0.2, 0) is 32.4 Å². The smallest absolute Gasteiger partial charge is 0.271 e. The predicted octanol–water partition coefficient (Wildman–Crippen LogP) is 2.12. The maximum atomic E-state index is 12.4. The maximum absolute atomic E-state index is 12.4. The number of amides is 1. The summed E-state index contributed by atoms with van der Waals surface area (Å²) in [7, 11) is 1.65. The lowest BCUT2D eigenvalue weighted by Crippen LogP contribution is -2.35. The Hall–Kier alpha value is -2.93. The number of benzene rings is 1. The summed E-state index contributed by atoms with van der Waals surface area (Å²) < 4.78 is 6.91. The fraction of sp³-hybridized carbons (Fsp3) is 0.381. The highest BCUT2D eigenvalue weighted by Gasteiger charge is 2.28. The average molecular weight is 379 g/mol. The fourth-order valence-electron chi connectivity index (χ4n) is 3.81. The Balaban J connectivity index is 1.50. The zero-order valence-electron chi connectivity index (χ0n) is 16.0. The van der Waals surface area contributed by atoms with E-state index in [0.29, 0.717) is 18.3 Å². The molecular formula is C21H25N5O2. The molecule has 1 unspecified atom stereocenters. The predicted molar refractivity (Wildman–Crippen MR) is 105 cm³/mol. The zero-order chi connectivity index (χ0) is 19.3. The van der Waals surface area contributed by atoms with Crippen LogP contribution >= 0.6 is 0 Å². The van der Waals surface area contributed by atoms with Gasteiger partial charge in [0.1, 0.15) is 6.26 Å². The molecule has 0 saturated heterocycles. The molecule has 1 atom stereocenters. The van der Waals surface area contributed by atoms with Crippen molar-refractivity contribution in [1.29, 1.82) is 0 Å². The average Bonchev–Trinajstić information content (AvgIpc) is 3.38. The van der Waals surface area contributed by atoms with E-state index in [1.54, 1.807) is 13.3 Å². The molecule has 1 aromatic carbocycles. The minimum absolute atomic E-state index is 0.119. The van der Waals surface area contributed by atoms with Gasteiger partial charge >= 0.3 is 0 Å². The van der Waals surface area contributed by atoms with E-state index in [0.717, 1.165) is 43.5 Å². The number of fused-ring (bicyclic) bond motifs is 1. The van der Waals surface area contributed by atoms with Crippen LogP contribution in [0.1, 0.15) is 39.4 Å². The summed E-state index contributed by atoms with van der Waals surface area (Å²) in [6, 6.07) is 12.5. The van der Waals surface area contributed by atoms with Crippen LogP contribution in [0.3, 0.4) is 0 Å². The highest BCUT2D eigenvalue weighted by molar-refractivity contribution is 5.93. The van der Waals surface area contributed by atoms with Crippen LogP contribution in [0.5, 0.6) is 0 Å². The third kappa shape index (κ3) is 3.99. The molecule has 2 heterocycles. The van der Waals surface area contributed by atoms with Crippen molar-refractivity contribution in [2.45, 2.75) is 44.8 Å². The molecule has 7 nitrogen and oxygen atoms in total. The van der Waals surface area contributed by atoms with E-state index in [-0.39, 0.29) is 5.91 Å². The summed E-state index contributed by atoms with van der Waals surface area (Å²) in [5, 5.41) is 14.9. The molecule has 7 heteroatoms. The van der Waals surface area contributed by atoms with Gasteiger partial charge < -0.3 is 15.2 Å². The SMILES string of the molecule is CNC(=O)c1nn(CCc2ccccc2)c2c1CC(NCc1ccon1)CC2. The molecule has 3 aromatic rings. The van der Waals surface area contributed by atoms with E-state index in [1.807, 2.05) is 16.8 Å². The molecule has 0 aliphatic heterocycles. The van der Waals surface area contributed by atoms with Crippen molar-refractivity contribution in [3.05, 3.63) is 70.9 Å². The van der Waals surface area contributed by atoms with Crippen molar-refractivity contribution >= 4 is 5.91 Å². The molecule has 146 valence electrons. The zero-order valence-corrected chi connectivity index (χ0v) is 16.0. The summed E-state index contributed by atoms with van der Waals surface area (Å²) in [6.07, 6.45) is 5.19. The van der Waals surface area contributed by atoms with Gasteiger partial charge in [0.15, 0.2) is 5.69 Å². The molecule has 1 amide bonds. The molecule has 0 saturated carbocycles. The number of hydrogen-bond donors (Lipinski definition) is 2. The maximum Gasteiger partial charge on any atom is 0.271 e. The van der Waals surface area contributed by atoms with E-state index in [4.69, 9.17) is 4.52 Å². The number of nitrogens with one attached hydrogen (secondary N) is 2. The monoisotopic (exact) mass is 379 g/mol. The molecule has 0 bridgehead atoms. The topological polar surface area (TPSA) is 85.0 Å². The Kier molecular flexibility index (Phi) is 5.53. The van der Waals surface area contributed by atoms with Crippen LogP contribution in [0.15, 0.2) is 47.2 Å². The number of nitrogens with zero attached hydrogens (tertiary/aromatic N) is 3. The van der Waals surface area contributed by atoms with E-state index < -0.39 is 0 Å². The number of carbonyl (C=O) groups is 1. The quantitative estimate of drug-likeness (QED) is 0.657. The number of carbonyl (C=O) groups excluding carboxylic acids is 1. The van der Waals surface area contributed by atoms with Gasteiger partial charge in [-0.25, -0.2) is 0 Å². The minimum Gasteiger partial charge on any atom is -0.364 e. The molecule has 28 heavy (non-hydrogen) atoms. The lowest BCUT2D eigenvalue weighted by atomic mass is 9.91. The van der Waals surface area contributed by atoms with Crippen molar-refractivity contribution < 1.29 is 9.32 Å². The normalized spacial score (nSPS) is 16.0. The van der Waals surface area contributed by atoms with Crippen LogP contribution in [0.25, 0.3) is 0 Å². The first-order chi connectivity index (χ1) is 13.7. The van der Waals surface area contributed by atoms with Gasteiger partial charge in [0.2, 0.25) is 0 Å². The van der Waals surface area contributed by atoms with E-state index in [1.165, 1.54) is 11.3 Å². The molecule has 1 aliphatic carbocycles. The van der Waals surface area contributed by atoms with E-state index in [9.17, 15) is 4.79 Å². The summed E-state index contributed by atoms with van der Waals surface area (Å²) in [6.45, 7) is 1.44. The summed E-state index contributed by atoms with van der Waals surface area (Å²) in [4.78, 5) is 12.4. The van der Waals surface area contributed by atoms with Crippen LogP contribution in [-0.4, -0.2) is 33.9 Å². The molecule has 2 N–H and O–H groups in total. The van der Waals surface area contributed by atoms with Gasteiger partial charge in [-0.05, 0) is 31.2 Å². The highest BCUT2D eigenvalue weighted by atomic mass is 16.5. The fourth-order valence-corrected chi connectivity index (χ4v) is 3.81. The molecule has 2 aromatic heterocycles. The van der Waals surface area contributed by atoms with Crippen LogP contribution < -0.4 is 10.6 Å². The van der Waals surface area contributed by atoms with Crippen LogP contribution in [0, 0.1) is 0 Å². The summed E-state index contributed by atoms with van der Waals surface area (Å²) in [5.41, 5.74) is 4.97. The summed E-state index contributed by atoms with van der Waals surface area (Å²) >= 11 is 0. The number of aryl methyl sites for hydroxylation is 2. The minimum atomic E-state index is -0.119. The first-order valence-electron chi connectivity index (χ1n) is 9.72. The molecule has 0 radical (unpaired) electrons. The second-order valence-electron chi connectivity index (χ2n) is 7.12. The van der Waals surface area contributed by atoms with Crippen molar-refractivity contribution in [2.24, 2.45) is 0 Å². The third-order valence-corrected chi connectivity index (χ3v) is 5.31. The number of rotatable bonds is 7. The number of hydrogen-bond acceptors (Lipinski definition) is 5. The first-order valence-corrected chi connectivity index (χ1v) is 9.72. The molecule has 1 aliphatic rings. The van der Waals surface area contributed by atoms with Gasteiger partial charge in [0, 0.05) is 43.5 Å². The first kappa shape index (κ1) is 18.4. The third-order valence-electron chi connectivity index (χ3n) is 5.31. The van der Waals surface area contributed by atoms with Gasteiger partial charge in [-0.15, -0.1) is 0 Å². The van der Waals surface area contributed by atoms with Gasteiger partial charge in [-0.3, -0.25) is 9.48 Å². The molecular weight excluding hydrogens is 354 g/mol. The Morgan fingerprint density at radius 2 is 2.14 bits per heavy atom. The molecule has 0 fully saturated rings. The second-order valence-corrected chi connectivity index (χ2v) is 7.12. The van der Waals surface area contributed by atoms with Gasteiger partial charge in [-0.1, -0.05) is 35.5 Å². The highest BCUT2D eigenvalue weighted by Crippen LogP contribution is 2.25. The van der Waals surface area contributed by atoms with Crippen LogP contribution in [0.2, 0.25) is 0 Å². The van der Waals surface area contributed by atoms with Crippen molar-refractivity contribution in [1.82, 2.24) is 25.6 Å². The lowest BCUT2D eigenvalue weighted by molar-refractivity contribution is 0.0956. The Morgan fingerprint density at radius 3 is 2.89 bits per heavy atom. The van der Waals surface area contributed by atoms with Gasteiger partial charge in [0.05, 0.1) is 5.69 Å². The number of aromatic nitrogens is 3. The lowest BCUT2D eigenvalue weighted by Gasteiger charge is -2.24. The standard InChI is InChI=1S/C21H25N5O2/c1-22-21(27)20-18-13-16(23-14-17-10-12-28-25-17)7-8-19(18)26(24-20)11-9-15-5-3-2-4-6-15/h2-6,10,12,16,23H,7-9,11,13-14H2,1H3,(H,22,27). The van der Waals surface area contributed by atoms with E-state index >= 15 is 0 Å². The summed E-state index contributed by atoms with van der Waals surface area (Å²) in [5.74, 6) is -0.119. The Morgan fingerprint density at radius 1 is 1.29 bits per heavy atom. The second kappa shape index (κ2) is 8.39. The molecule has 0 spiro atoms. The van der Waals surface area contributed by atoms with Gasteiger partial charge in [-0.2, -0.15) is 5.10 Å². The van der Waals surface area contributed by atoms with Crippen LogP contribution in [0.4, 0.5) is 0 Å². The Bertz CT molecular complexity index is 918. The molecule has 4 rings (SSSR count).